The van der Waals surface area contributed by atoms with E-state index in [-0.39, 0.29) is 17.9 Å². The molecule has 3 aromatic rings. The molecule has 0 heterocycles. The van der Waals surface area contributed by atoms with Crippen molar-refractivity contribution < 1.29 is 9.59 Å². The van der Waals surface area contributed by atoms with Crippen molar-refractivity contribution in [1.29, 1.82) is 0 Å². The number of hydrogen-bond donors (Lipinski definition) is 2. The van der Waals surface area contributed by atoms with Gasteiger partial charge in [0.05, 0.1) is 6.04 Å². The molecule has 0 aliphatic rings. The van der Waals surface area contributed by atoms with Crippen LogP contribution < -0.4 is 10.6 Å². The van der Waals surface area contributed by atoms with Crippen LogP contribution in [0.25, 0.3) is 0 Å². The van der Waals surface area contributed by atoms with Crippen LogP contribution in [0.1, 0.15) is 44.8 Å². The summed E-state index contributed by atoms with van der Waals surface area (Å²) in [6, 6.07) is 24.0. The van der Waals surface area contributed by atoms with E-state index >= 15 is 0 Å². The Morgan fingerprint density at radius 2 is 1.52 bits per heavy atom. The first kappa shape index (κ1) is 18.4. The van der Waals surface area contributed by atoms with Crippen molar-refractivity contribution in [2.75, 3.05) is 5.32 Å². The van der Waals surface area contributed by atoms with E-state index in [1.54, 1.807) is 30.3 Å². The Balaban J connectivity index is 1.70. The van der Waals surface area contributed by atoms with Gasteiger partial charge in [-0.15, -0.1) is 0 Å². The Bertz CT molecular complexity index is 951. The van der Waals surface area contributed by atoms with Gasteiger partial charge in [-0.3, -0.25) is 9.59 Å². The number of carbonyl (C=O) groups excluding carboxylic acids is 2. The first-order valence-electron chi connectivity index (χ1n) is 8.87. The molecular weight excluding hydrogens is 336 g/mol. The van der Waals surface area contributed by atoms with Gasteiger partial charge in [-0.1, -0.05) is 54.6 Å². The molecule has 136 valence electrons. The van der Waals surface area contributed by atoms with Crippen LogP contribution in [-0.4, -0.2) is 11.8 Å². The molecule has 1 atom stereocenters. The molecule has 0 saturated heterocycles. The van der Waals surface area contributed by atoms with Gasteiger partial charge in [-0.25, -0.2) is 0 Å². The van der Waals surface area contributed by atoms with E-state index in [0.717, 1.165) is 11.1 Å². The summed E-state index contributed by atoms with van der Waals surface area (Å²) in [6.45, 7) is 3.83. The summed E-state index contributed by atoms with van der Waals surface area (Å²) >= 11 is 0. The first-order valence-corrected chi connectivity index (χ1v) is 8.87. The fraction of sp³-hybridized carbons (Fsp3) is 0.130. The van der Waals surface area contributed by atoms with Crippen molar-refractivity contribution in [2.45, 2.75) is 19.9 Å². The molecule has 0 spiro atoms. The van der Waals surface area contributed by atoms with Crippen molar-refractivity contribution in [3.05, 3.63) is 101 Å². The van der Waals surface area contributed by atoms with E-state index in [9.17, 15) is 9.59 Å². The standard InChI is InChI=1S/C23H22N2O2/c1-16-9-6-7-14-21(16)23(27)25-20-13-8-12-19(15-20)22(26)24-17(2)18-10-4-3-5-11-18/h3-15,17H,1-2H3,(H,24,26)(H,25,27). The number of hydrogen-bond acceptors (Lipinski definition) is 2. The van der Waals surface area contributed by atoms with Gasteiger partial charge in [0, 0.05) is 16.8 Å². The van der Waals surface area contributed by atoms with Gasteiger partial charge in [0.25, 0.3) is 11.8 Å². The van der Waals surface area contributed by atoms with Gasteiger partial charge in [0.15, 0.2) is 0 Å². The second kappa shape index (κ2) is 8.32. The number of nitrogens with one attached hydrogen (secondary N) is 2. The van der Waals surface area contributed by atoms with Gasteiger partial charge in [0.2, 0.25) is 0 Å². The SMILES string of the molecule is Cc1ccccc1C(=O)Nc1cccc(C(=O)NC(C)c2ccccc2)c1. The average Bonchev–Trinajstić information content (AvgIpc) is 2.69. The monoisotopic (exact) mass is 358 g/mol. The van der Waals surface area contributed by atoms with Crippen LogP contribution >= 0.6 is 0 Å². The molecule has 0 bridgehead atoms. The molecule has 0 aromatic heterocycles. The van der Waals surface area contributed by atoms with Crippen LogP contribution in [0, 0.1) is 6.92 Å². The average molecular weight is 358 g/mol. The molecular formula is C23H22N2O2. The largest absolute Gasteiger partial charge is 0.346 e. The first-order chi connectivity index (χ1) is 13.0. The molecule has 2 N–H and O–H groups in total. The van der Waals surface area contributed by atoms with Gasteiger partial charge < -0.3 is 10.6 Å². The molecule has 0 radical (unpaired) electrons. The van der Waals surface area contributed by atoms with Crippen molar-refractivity contribution in [3.8, 4) is 0 Å². The Labute approximate surface area is 159 Å². The highest BCUT2D eigenvalue weighted by Gasteiger charge is 2.13. The summed E-state index contributed by atoms with van der Waals surface area (Å²) in [7, 11) is 0. The normalized spacial score (nSPS) is 11.5. The summed E-state index contributed by atoms with van der Waals surface area (Å²) in [5, 5.41) is 5.84. The zero-order valence-corrected chi connectivity index (χ0v) is 15.4. The predicted octanol–water partition coefficient (Wildman–Crippen LogP) is 4.74. The quantitative estimate of drug-likeness (QED) is 0.692. The van der Waals surface area contributed by atoms with Gasteiger partial charge in [-0.2, -0.15) is 0 Å². The molecule has 27 heavy (non-hydrogen) atoms. The van der Waals surface area contributed by atoms with Crippen molar-refractivity contribution >= 4 is 17.5 Å². The highest BCUT2D eigenvalue weighted by Crippen LogP contribution is 2.16. The Kier molecular flexibility index (Phi) is 5.67. The topological polar surface area (TPSA) is 58.2 Å². The maximum absolute atomic E-state index is 12.6. The summed E-state index contributed by atoms with van der Waals surface area (Å²) in [4.78, 5) is 25.0. The number of benzene rings is 3. The molecule has 1 unspecified atom stereocenters. The Morgan fingerprint density at radius 3 is 2.26 bits per heavy atom. The number of aryl methyl sites for hydroxylation is 1. The molecule has 3 aromatic carbocycles. The lowest BCUT2D eigenvalue weighted by atomic mass is 10.1. The lowest BCUT2D eigenvalue weighted by Crippen LogP contribution is -2.26. The second-order valence-corrected chi connectivity index (χ2v) is 6.46. The van der Waals surface area contributed by atoms with Gasteiger partial charge >= 0.3 is 0 Å². The highest BCUT2D eigenvalue weighted by atomic mass is 16.2. The van der Waals surface area contributed by atoms with E-state index in [4.69, 9.17) is 0 Å². The third-order valence-corrected chi connectivity index (χ3v) is 4.42. The van der Waals surface area contributed by atoms with Crippen molar-refractivity contribution in [3.63, 3.8) is 0 Å². The number of rotatable bonds is 5. The van der Waals surface area contributed by atoms with Crippen LogP contribution in [0.15, 0.2) is 78.9 Å². The minimum atomic E-state index is -0.191. The zero-order chi connectivity index (χ0) is 19.2. The van der Waals surface area contributed by atoms with E-state index in [2.05, 4.69) is 10.6 Å². The van der Waals surface area contributed by atoms with E-state index in [1.165, 1.54) is 0 Å². The summed E-state index contributed by atoms with van der Waals surface area (Å²) in [5.74, 6) is -0.373. The number of anilines is 1. The third kappa shape index (κ3) is 4.61. The van der Waals surface area contributed by atoms with Crippen molar-refractivity contribution in [1.82, 2.24) is 5.32 Å². The lowest BCUT2D eigenvalue weighted by molar-refractivity contribution is 0.0938. The molecule has 4 heteroatoms. The summed E-state index contributed by atoms with van der Waals surface area (Å²) < 4.78 is 0. The van der Waals surface area contributed by atoms with Gasteiger partial charge in [0.1, 0.15) is 0 Å². The third-order valence-electron chi connectivity index (χ3n) is 4.42. The van der Waals surface area contributed by atoms with Crippen LogP contribution in [0.4, 0.5) is 5.69 Å². The van der Waals surface area contributed by atoms with Crippen molar-refractivity contribution in [2.24, 2.45) is 0 Å². The van der Waals surface area contributed by atoms with Crippen LogP contribution in [0.2, 0.25) is 0 Å². The smallest absolute Gasteiger partial charge is 0.255 e. The molecule has 3 rings (SSSR count). The van der Waals surface area contributed by atoms with Crippen LogP contribution in [-0.2, 0) is 0 Å². The molecule has 0 saturated carbocycles. The molecule has 4 nitrogen and oxygen atoms in total. The molecule has 0 aliphatic heterocycles. The maximum Gasteiger partial charge on any atom is 0.255 e. The summed E-state index contributed by atoms with van der Waals surface area (Å²) in [5.41, 5.74) is 3.64. The number of amides is 2. The fourth-order valence-corrected chi connectivity index (χ4v) is 2.87. The van der Waals surface area contributed by atoms with E-state index in [1.807, 2.05) is 62.4 Å². The predicted molar refractivity (Wildman–Crippen MR) is 108 cm³/mol. The maximum atomic E-state index is 12.6. The lowest BCUT2D eigenvalue weighted by Gasteiger charge is -2.15. The van der Waals surface area contributed by atoms with Gasteiger partial charge in [-0.05, 0) is 49.2 Å². The second-order valence-electron chi connectivity index (χ2n) is 6.46. The summed E-state index contributed by atoms with van der Waals surface area (Å²) in [6.07, 6.45) is 0. The Hall–Kier alpha value is -3.40. The minimum absolute atomic E-state index is 0.107. The Morgan fingerprint density at radius 1 is 0.815 bits per heavy atom. The number of carbonyl (C=O) groups is 2. The fourth-order valence-electron chi connectivity index (χ4n) is 2.87. The minimum Gasteiger partial charge on any atom is -0.346 e. The van der Waals surface area contributed by atoms with Crippen LogP contribution in [0.5, 0.6) is 0 Å². The molecule has 0 fully saturated rings. The van der Waals surface area contributed by atoms with E-state index in [0.29, 0.717) is 16.8 Å². The molecule has 2 amide bonds. The highest BCUT2D eigenvalue weighted by molar-refractivity contribution is 6.06. The molecule has 0 aliphatic carbocycles. The van der Waals surface area contributed by atoms with Crippen LogP contribution in [0.3, 0.4) is 0 Å². The zero-order valence-electron chi connectivity index (χ0n) is 15.4. The van der Waals surface area contributed by atoms with E-state index < -0.39 is 0 Å².